The van der Waals surface area contributed by atoms with Crippen molar-refractivity contribution in [3.8, 4) is 0 Å². The highest BCUT2D eigenvalue weighted by atomic mass is 127. The van der Waals surface area contributed by atoms with Crippen LogP contribution >= 0.6 is 34.2 Å². The van der Waals surface area contributed by atoms with E-state index in [4.69, 9.17) is 16.3 Å². The molecule has 4 aliphatic rings. The van der Waals surface area contributed by atoms with Gasteiger partial charge in [-0.3, -0.25) is 4.79 Å². The lowest BCUT2D eigenvalue weighted by Crippen LogP contribution is -2.65. The third-order valence-electron chi connectivity index (χ3n) is 9.88. The fourth-order valence-corrected chi connectivity index (χ4v) is 9.01. The van der Waals surface area contributed by atoms with Gasteiger partial charge >= 0.3 is 11.9 Å². The summed E-state index contributed by atoms with van der Waals surface area (Å²) in [6.07, 6.45) is 4.12. The summed E-state index contributed by atoms with van der Waals surface area (Å²) in [7, 11) is 0. The van der Waals surface area contributed by atoms with Crippen molar-refractivity contribution < 1.29 is 29.3 Å². The van der Waals surface area contributed by atoms with E-state index in [0.717, 1.165) is 15.6 Å². The standard InChI is InChI=1S/C27H30ClIO6/c1-24-9-8-18(30)13-16(24)6-7-19-20-14-21(31)27(23(33)34,25(20,2)10-11-26(19,24)28)35-22(32)15-4-3-5-17(29)12-15/h3-5,12-13,19-21,31H,6-11,14H2,1-2H3,(H,33,34)/t19-,20-,21+,24-,25-,26+,27-/m0/s1. The second kappa shape index (κ2) is 8.28. The molecule has 0 spiro atoms. The lowest BCUT2D eigenvalue weighted by molar-refractivity contribution is -0.194. The zero-order valence-corrected chi connectivity index (χ0v) is 22.8. The average molecular weight is 613 g/mol. The van der Waals surface area contributed by atoms with Gasteiger partial charge in [0.1, 0.15) is 6.10 Å². The number of hydrogen-bond acceptors (Lipinski definition) is 5. The van der Waals surface area contributed by atoms with Gasteiger partial charge in [-0.15, -0.1) is 11.6 Å². The normalized spacial score (nSPS) is 42.4. The Labute approximate surface area is 223 Å². The van der Waals surface area contributed by atoms with Crippen LogP contribution in [0.2, 0.25) is 0 Å². The van der Waals surface area contributed by atoms with Gasteiger partial charge in [-0.05, 0) is 97.2 Å². The fourth-order valence-electron chi connectivity index (χ4n) is 7.89. The minimum absolute atomic E-state index is 0.0643. The quantitative estimate of drug-likeness (QED) is 0.279. The third kappa shape index (κ3) is 3.33. The Hall–Kier alpha value is -1.45. The fraction of sp³-hybridized carbons (Fsp3) is 0.593. The van der Waals surface area contributed by atoms with Crippen LogP contribution in [-0.4, -0.2) is 44.5 Å². The average Bonchev–Trinajstić information content (AvgIpc) is 3.02. The summed E-state index contributed by atoms with van der Waals surface area (Å²) < 4.78 is 6.68. The number of ether oxygens (including phenoxy) is 1. The number of allylic oxidation sites excluding steroid dienone is 1. The van der Waals surface area contributed by atoms with Gasteiger partial charge in [-0.1, -0.05) is 25.5 Å². The van der Waals surface area contributed by atoms with Gasteiger partial charge in [0.15, 0.2) is 5.78 Å². The van der Waals surface area contributed by atoms with Gasteiger partial charge < -0.3 is 14.9 Å². The van der Waals surface area contributed by atoms with Crippen molar-refractivity contribution in [2.45, 2.75) is 75.4 Å². The summed E-state index contributed by atoms with van der Waals surface area (Å²) in [5.41, 5.74) is -2.05. The first-order chi connectivity index (χ1) is 16.4. The van der Waals surface area contributed by atoms with Crippen LogP contribution in [0.5, 0.6) is 0 Å². The molecule has 1 aromatic carbocycles. The second-order valence-electron chi connectivity index (χ2n) is 11.2. The summed E-state index contributed by atoms with van der Waals surface area (Å²) >= 11 is 9.60. The SMILES string of the molecule is C[C@]12CCC(=O)C=C1CC[C@H]1[C@@H]3C[C@@H](O)[C@](OC(=O)c4cccc(I)c4)(C(=O)O)[C@@]3(C)CC[C@@]12Cl. The summed E-state index contributed by atoms with van der Waals surface area (Å²) in [5.74, 6) is -2.23. The monoisotopic (exact) mass is 612 g/mol. The second-order valence-corrected chi connectivity index (χ2v) is 13.1. The van der Waals surface area contributed by atoms with E-state index in [1.807, 2.05) is 13.0 Å². The summed E-state index contributed by atoms with van der Waals surface area (Å²) in [6.45, 7) is 3.98. The topological polar surface area (TPSA) is 101 Å². The molecule has 0 heterocycles. The van der Waals surface area contributed by atoms with E-state index in [1.54, 1.807) is 24.3 Å². The van der Waals surface area contributed by atoms with Crippen LogP contribution in [0.4, 0.5) is 0 Å². The van der Waals surface area contributed by atoms with Crippen molar-refractivity contribution in [3.05, 3.63) is 45.0 Å². The van der Waals surface area contributed by atoms with Crippen LogP contribution in [0, 0.1) is 26.2 Å². The molecule has 4 aliphatic carbocycles. The first kappa shape index (κ1) is 25.2. The van der Waals surface area contributed by atoms with Gasteiger partial charge in [0.05, 0.1) is 10.4 Å². The maximum atomic E-state index is 13.2. The number of fused-ring (bicyclic) bond motifs is 5. The molecule has 8 heteroatoms. The maximum Gasteiger partial charge on any atom is 0.351 e. The molecule has 0 saturated heterocycles. The van der Waals surface area contributed by atoms with Gasteiger partial charge in [-0.2, -0.15) is 0 Å². The Morgan fingerprint density at radius 2 is 1.89 bits per heavy atom. The molecule has 0 radical (unpaired) electrons. The van der Waals surface area contributed by atoms with Crippen LogP contribution in [0.3, 0.4) is 0 Å². The predicted molar refractivity (Wildman–Crippen MR) is 138 cm³/mol. The van der Waals surface area contributed by atoms with E-state index >= 15 is 0 Å². The van der Waals surface area contributed by atoms with E-state index in [9.17, 15) is 24.6 Å². The van der Waals surface area contributed by atoms with Gasteiger partial charge in [0.2, 0.25) is 5.60 Å². The van der Waals surface area contributed by atoms with Gasteiger partial charge in [-0.25, -0.2) is 9.59 Å². The molecule has 0 aromatic heterocycles. The van der Waals surface area contributed by atoms with E-state index in [-0.39, 0.29) is 35.0 Å². The molecule has 5 rings (SSSR count). The molecular weight excluding hydrogens is 583 g/mol. The van der Waals surface area contributed by atoms with Crippen LogP contribution in [0.1, 0.15) is 69.2 Å². The van der Waals surface area contributed by atoms with E-state index in [2.05, 4.69) is 29.5 Å². The number of carboxylic acid groups (broad SMARTS) is 1. The minimum Gasteiger partial charge on any atom is -0.478 e. The molecule has 0 unspecified atom stereocenters. The Morgan fingerprint density at radius 3 is 2.57 bits per heavy atom. The molecule has 6 nitrogen and oxygen atoms in total. The molecule has 1 aromatic rings. The number of alkyl halides is 1. The zero-order chi connectivity index (χ0) is 25.4. The minimum atomic E-state index is -2.06. The van der Waals surface area contributed by atoms with Crippen molar-refractivity contribution in [3.63, 3.8) is 0 Å². The number of ketones is 1. The van der Waals surface area contributed by atoms with Crippen molar-refractivity contribution in [1.29, 1.82) is 0 Å². The number of carbonyl (C=O) groups excluding carboxylic acids is 2. The summed E-state index contributed by atoms with van der Waals surface area (Å²) in [4.78, 5) is 37.5. The number of hydrogen-bond donors (Lipinski definition) is 2. The van der Waals surface area contributed by atoms with Crippen LogP contribution in [-0.2, 0) is 14.3 Å². The largest absolute Gasteiger partial charge is 0.478 e. The molecule has 0 aliphatic heterocycles. The van der Waals surface area contributed by atoms with E-state index in [0.29, 0.717) is 32.1 Å². The van der Waals surface area contributed by atoms with Crippen molar-refractivity contribution in [1.82, 2.24) is 0 Å². The zero-order valence-electron chi connectivity index (χ0n) is 19.9. The Kier molecular flexibility index (Phi) is 5.96. The van der Waals surface area contributed by atoms with Crippen LogP contribution in [0.25, 0.3) is 0 Å². The van der Waals surface area contributed by atoms with Gasteiger partial charge in [0, 0.05) is 20.8 Å². The summed E-state index contributed by atoms with van der Waals surface area (Å²) in [5, 5.41) is 21.8. The Balaban J connectivity index is 1.54. The first-order valence-electron chi connectivity index (χ1n) is 12.2. The first-order valence-corrected chi connectivity index (χ1v) is 13.7. The Morgan fingerprint density at radius 1 is 1.14 bits per heavy atom. The lowest BCUT2D eigenvalue weighted by atomic mass is 9.46. The molecule has 188 valence electrons. The molecule has 0 bridgehead atoms. The van der Waals surface area contributed by atoms with Crippen molar-refractivity contribution >= 4 is 51.9 Å². The number of esters is 1. The number of aliphatic carboxylic acids is 1. The molecular formula is C27H30ClIO6. The van der Waals surface area contributed by atoms with Gasteiger partial charge in [0.25, 0.3) is 0 Å². The number of carbonyl (C=O) groups is 3. The molecule has 3 saturated carbocycles. The number of aliphatic hydroxyl groups excluding tert-OH is 1. The summed E-state index contributed by atoms with van der Waals surface area (Å²) in [6, 6.07) is 6.78. The third-order valence-corrected chi connectivity index (χ3v) is 11.4. The molecule has 7 atom stereocenters. The highest BCUT2D eigenvalue weighted by Crippen LogP contribution is 2.71. The molecule has 0 amide bonds. The van der Waals surface area contributed by atoms with E-state index < -0.39 is 33.9 Å². The molecule has 2 N–H and O–H groups in total. The van der Waals surface area contributed by atoms with Crippen LogP contribution < -0.4 is 0 Å². The van der Waals surface area contributed by atoms with Crippen molar-refractivity contribution in [2.24, 2.45) is 22.7 Å². The number of halogens is 2. The van der Waals surface area contributed by atoms with Crippen LogP contribution in [0.15, 0.2) is 35.9 Å². The van der Waals surface area contributed by atoms with E-state index in [1.165, 1.54) is 0 Å². The predicted octanol–water partition coefficient (Wildman–Crippen LogP) is 5.14. The molecule has 35 heavy (non-hydrogen) atoms. The lowest BCUT2D eigenvalue weighted by Gasteiger charge is -2.63. The smallest absolute Gasteiger partial charge is 0.351 e. The number of aliphatic hydroxyl groups is 1. The molecule has 3 fully saturated rings. The highest BCUT2D eigenvalue weighted by molar-refractivity contribution is 14.1. The highest BCUT2D eigenvalue weighted by Gasteiger charge is 2.75. The number of benzene rings is 1. The van der Waals surface area contributed by atoms with Crippen molar-refractivity contribution in [2.75, 3.05) is 0 Å². The Bertz CT molecular complexity index is 1150. The number of carboxylic acids is 1. The maximum absolute atomic E-state index is 13.2. The number of rotatable bonds is 3.